The highest BCUT2D eigenvalue weighted by Crippen LogP contribution is 2.60. The number of H-pyrrole nitrogens is 1. The average Bonchev–Trinajstić information content (AvgIpc) is 1.61. The summed E-state index contributed by atoms with van der Waals surface area (Å²) < 4.78 is 27.1. The predicted molar refractivity (Wildman–Crippen MR) is 381 cm³/mol. The molecule has 4 bridgehead atoms. The molecule has 6 aliphatic rings. The van der Waals surface area contributed by atoms with E-state index in [1.165, 1.54) is 64.4 Å². The van der Waals surface area contributed by atoms with Gasteiger partial charge in [-0.1, -0.05) is 147 Å². The van der Waals surface area contributed by atoms with Crippen molar-refractivity contribution < 1.29 is 33.9 Å². The number of hydrogen-bond donors (Lipinski definition) is 7. The number of nitrogens with one attached hydrogen (secondary N) is 2. The molecule has 10 aromatic rings. The monoisotopic (exact) mass is 1270 g/mol. The molecular weight excluding hydrogens is 1180 g/mol. The second-order valence-electron chi connectivity index (χ2n) is 27.3. The van der Waals surface area contributed by atoms with Crippen molar-refractivity contribution in [3.63, 3.8) is 0 Å². The lowest BCUT2D eigenvalue weighted by Gasteiger charge is -2.49. The van der Waals surface area contributed by atoms with E-state index in [0.29, 0.717) is 41.8 Å². The van der Waals surface area contributed by atoms with Crippen molar-refractivity contribution in [2.45, 2.75) is 100 Å². The Hall–Kier alpha value is -9.60. The molecule has 1 spiro atoms. The zero-order chi connectivity index (χ0) is 65.0. The number of methoxy groups -OCH3 is 1. The number of phenols is 1. The molecule has 1 saturated heterocycles. The van der Waals surface area contributed by atoms with Crippen LogP contribution in [0.5, 0.6) is 23.0 Å². The third kappa shape index (κ3) is 11.7. The van der Waals surface area contributed by atoms with Crippen LogP contribution in [0.2, 0.25) is 0 Å². The Bertz CT molecular complexity index is 4700. The first kappa shape index (κ1) is 61.6. The highest BCUT2D eigenvalue weighted by molar-refractivity contribution is 6.01. The van der Waals surface area contributed by atoms with Gasteiger partial charge in [-0.2, -0.15) is 0 Å². The molecule has 3 fully saturated rings. The van der Waals surface area contributed by atoms with Crippen LogP contribution in [0.1, 0.15) is 102 Å². The van der Waals surface area contributed by atoms with Gasteiger partial charge in [0.15, 0.2) is 22.9 Å². The molecule has 14 heteroatoms. The van der Waals surface area contributed by atoms with E-state index in [9.17, 15) is 15.3 Å². The first-order valence-electron chi connectivity index (χ1n) is 33.8. The number of nitrogens with two attached hydrogens (primary N) is 2. The van der Waals surface area contributed by atoms with E-state index in [0.717, 1.165) is 84.5 Å². The van der Waals surface area contributed by atoms with E-state index in [1.54, 1.807) is 30.3 Å². The molecule has 0 radical (unpaired) electrons. The van der Waals surface area contributed by atoms with Crippen LogP contribution in [-0.2, 0) is 30.1 Å². The van der Waals surface area contributed by atoms with Crippen LogP contribution in [0, 0.1) is 11.8 Å². The number of aliphatic hydroxyl groups is 2. The number of allylic oxidation sites excluding steroid dienone is 1. The first-order valence-corrected chi connectivity index (χ1v) is 33.8. The van der Waals surface area contributed by atoms with Crippen LogP contribution < -0.4 is 41.3 Å². The molecule has 0 amide bonds. The number of guanidine groups is 1. The molecule has 3 aliphatic heterocycles. The fraction of sp³-hybridized carbons (Fsp3) is 0.309. The number of aryl methyl sites for hydroxylation is 2. The third-order valence-corrected chi connectivity index (χ3v) is 21.4. The van der Waals surface area contributed by atoms with Crippen LogP contribution >= 0.6 is 0 Å². The Morgan fingerprint density at radius 3 is 2.46 bits per heavy atom. The Balaban J connectivity index is 0.905. The lowest BCUT2D eigenvalue weighted by molar-refractivity contribution is 0.157. The van der Waals surface area contributed by atoms with Gasteiger partial charge in [-0.3, -0.25) is 4.79 Å². The van der Waals surface area contributed by atoms with E-state index < -0.39 is 17.4 Å². The Kier molecular flexibility index (Phi) is 16.6. The zero-order valence-electron chi connectivity index (χ0n) is 54.0. The van der Waals surface area contributed by atoms with Gasteiger partial charge in [0.25, 0.3) is 0 Å². The Morgan fingerprint density at radius 1 is 0.853 bits per heavy atom. The smallest absolute Gasteiger partial charge is 0.204 e. The molecule has 484 valence electrons. The van der Waals surface area contributed by atoms with E-state index in [2.05, 4.69) is 131 Å². The van der Waals surface area contributed by atoms with Gasteiger partial charge in [-0.25, -0.2) is 4.99 Å². The molecule has 6 atom stereocenters. The van der Waals surface area contributed by atoms with Crippen molar-refractivity contribution in [1.82, 2.24) is 10.3 Å². The van der Waals surface area contributed by atoms with E-state index >= 15 is 4.79 Å². The standard InChI is InChI=1S/C81H82N6O8/c1-80(32-8-9-33-80)70-42-65-56-16-10-13-50(37-56)18-30-63-74-73(68(91)43-69(95-74)52-24-28-61(89)29-25-52)76(93-36-31-62(90)27-17-49-11-4-3-5-12-49)77(92-2)75(63)94-48-51(47-88)38-58-23-26-60(41-67(58)85-79(82)83)81(71-46-84-34-35-87(71)78(65)86-70)44-59-22-20-53-19-21-57-39-54-14-6-7-15-55(54)40-64(57)72(53)66(59)45-81/h3-7,10-17,19-29,37,39-43,51,59,62,66,71,84,86,88-90H,8-9,18,30-36,38,44-48H2,1-2H3,(H4,82,83,85)/b27-17+/t51-,59-,62-,66-,71+,81+/m0/s1. The fourth-order valence-corrected chi connectivity index (χ4v) is 16.5. The summed E-state index contributed by atoms with van der Waals surface area (Å²) >= 11 is 0. The van der Waals surface area contributed by atoms with Crippen molar-refractivity contribution in [3.05, 3.63) is 225 Å². The topological polar surface area (TPSA) is 214 Å². The van der Waals surface area contributed by atoms with Gasteiger partial charge >= 0.3 is 0 Å². The number of nitrogens with zero attached hydrogens (tertiary/aromatic N) is 2. The number of fused-ring (bicyclic) bond motifs is 13. The van der Waals surface area contributed by atoms with Crippen molar-refractivity contribution in [2.24, 2.45) is 28.3 Å². The molecule has 8 aromatic carbocycles. The molecule has 95 heavy (non-hydrogen) atoms. The second-order valence-corrected chi connectivity index (χ2v) is 27.3. The number of aliphatic hydroxyl groups excluding tert-OH is 2. The molecule has 14 nitrogen and oxygen atoms in total. The molecule has 9 N–H and O–H groups in total. The molecular formula is C81H82N6O8. The van der Waals surface area contributed by atoms with Crippen molar-refractivity contribution >= 4 is 62.1 Å². The molecule has 2 aromatic heterocycles. The van der Waals surface area contributed by atoms with Crippen molar-refractivity contribution in [3.8, 4) is 45.4 Å². The van der Waals surface area contributed by atoms with Gasteiger partial charge in [0.05, 0.1) is 38.2 Å². The van der Waals surface area contributed by atoms with Crippen LogP contribution in [0.15, 0.2) is 184 Å². The van der Waals surface area contributed by atoms with E-state index in [4.69, 9.17) is 35.1 Å². The molecule has 16 rings (SSSR count). The number of aliphatic imine (C=N–C) groups is 1. The number of anilines is 1. The zero-order valence-corrected chi connectivity index (χ0v) is 54.0. The summed E-state index contributed by atoms with van der Waals surface area (Å²) in [6, 6.07) is 53.7. The summed E-state index contributed by atoms with van der Waals surface area (Å²) in [6.07, 6.45) is 15.2. The van der Waals surface area contributed by atoms with Gasteiger partial charge in [0, 0.05) is 77.9 Å². The minimum atomic E-state index is -0.879. The quantitative estimate of drug-likeness (QED) is 0.0366. The highest BCUT2D eigenvalue weighted by Gasteiger charge is 2.55. The third-order valence-electron chi connectivity index (χ3n) is 21.4. The lowest BCUT2D eigenvalue weighted by atomic mass is 9.69. The molecule has 3 aliphatic carbocycles. The highest BCUT2D eigenvalue weighted by atomic mass is 16.5. The van der Waals surface area contributed by atoms with Crippen LogP contribution in [-0.4, -0.2) is 85.0 Å². The molecule has 2 saturated carbocycles. The number of rotatable bonds is 11. The van der Waals surface area contributed by atoms with Gasteiger partial charge < -0.3 is 60.6 Å². The summed E-state index contributed by atoms with van der Waals surface area (Å²) in [5, 5.41) is 42.3. The van der Waals surface area contributed by atoms with E-state index in [1.807, 2.05) is 36.4 Å². The fourth-order valence-electron chi connectivity index (χ4n) is 16.5. The van der Waals surface area contributed by atoms with Crippen molar-refractivity contribution in [2.75, 3.05) is 51.5 Å². The summed E-state index contributed by atoms with van der Waals surface area (Å²) in [6.45, 7) is 4.48. The van der Waals surface area contributed by atoms with Crippen LogP contribution in [0.25, 0.3) is 67.1 Å². The Labute approximate surface area is 553 Å². The normalized spacial score (nSPS) is 21.0. The SMILES string of the molecule is COc1c2c(c3oc(-c4ccc(O)cc4)cc(=O)c3c1OCC[C@@H](O)/C=C/c1ccccc1)CCc1cccc(c1)-c1cc(C3(C)CCCC3)[nH]c1N1CCNC[C@@H]1[C@]1(C[C@@H]3c4c(ccc5cc6ccccc6cc45)C=C[C@H]3C1)c1ccc(c(N=C(N)N)c1)C[C@@H](CO)CO2. The van der Waals surface area contributed by atoms with E-state index in [-0.39, 0.29) is 94.9 Å². The number of hydrogen-bond acceptors (Lipinski definition) is 11. The maximum Gasteiger partial charge on any atom is 0.204 e. The summed E-state index contributed by atoms with van der Waals surface area (Å²) in [7, 11) is 1.53. The number of ether oxygens (including phenoxy) is 3. The van der Waals surface area contributed by atoms with Gasteiger partial charge in [-0.05, 0) is 166 Å². The van der Waals surface area contributed by atoms with Gasteiger partial charge in [-0.15, -0.1) is 0 Å². The van der Waals surface area contributed by atoms with Crippen molar-refractivity contribution in [1.29, 1.82) is 0 Å². The molecule has 5 heterocycles. The summed E-state index contributed by atoms with van der Waals surface area (Å²) in [5.41, 5.74) is 24.3. The van der Waals surface area contributed by atoms with Gasteiger partial charge in [0.1, 0.15) is 28.3 Å². The molecule has 0 unspecified atom stereocenters. The lowest BCUT2D eigenvalue weighted by Crippen LogP contribution is -2.60. The number of benzene rings is 8. The number of phenolic OH excluding ortho intramolecular Hbond substituents is 1. The maximum atomic E-state index is 15.0. The second kappa shape index (κ2) is 25.6. The largest absolute Gasteiger partial charge is 0.508 e. The minimum Gasteiger partial charge on any atom is -0.508 e. The Morgan fingerprint density at radius 2 is 1.66 bits per heavy atom. The number of piperazine rings is 1. The van der Waals surface area contributed by atoms with Crippen LogP contribution in [0.4, 0.5) is 11.5 Å². The predicted octanol–water partition coefficient (Wildman–Crippen LogP) is 14.3. The number of aromatic hydroxyl groups is 1. The maximum absolute atomic E-state index is 15.0. The summed E-state index contributed by atoms with van der Waals surface area (Å²) in [5.74, 6) is 1.89. The summed E-state index contributed by atoms with van der Waals surface area (Å²) in [4.78, 5) is 26.9. The van der Waals surface area contributed by atoms with Gasteiger partial charge in [0.2, 0.25) is 5.75 Å². The minimum absolute atomic E-state index is 0.00304. The number of aromatic nitrogens is 1. The number of aromatic amines is 1. The average molecular weight is 1270 g/mol. The first-order chi connectivity index (χ1) is 46.3. The van der Waals surface area contributed by atoms with Crippen LogP contribution in [0.3, 0.4) is 0 Å².